The molecule has 0 saturated heterocycles. The first kappa shape index (κ1) is 17.6. The van der Waals surface area contributed by atoms with Gasteiger partial charge in [-0.1, -0.05) is 11.6 Å². The van der Waals surface area contributed by atoms with Gasteiger partial charge in [0.1, 0.15) is 6.04 Å². The van der Waals surface area contributed by atoms with Gasteiger partial charge in [-0.25, -0.2) is 0 Å². The van der Waals surface area contributed by atoms with Gasteiger partial charge >= 0.3 is 5.97 Å². The highest BCUT2D eigenvalue weighted by Gasteiger charge is 2.19. The van der Waals surface area contributed by atoms with Gasteiger partial charge in [0, 0.05) is 5.56 Å². The van der Waals surface area contributed by atoms with Gasteiger partial charge < -0.3 is 25.6 Å². The molecule has 4 N–H and O–H groups in total. The average molecular weight is 331 g/mol. The van der Waals surface area contributed by atoms with Crippen molar-refractivity contribution in [2.45, 2.75) is 13.0 Å². The van der Waals surface area contributed by atoms with Crippen LogP contribution in [0.5, 0.6) is 11.5 Å². The summed E-state index contributed by atoms with van der Waals surface area (Å²) in [5.41, 5.74) is 5.06. The summed E-state index contributed by atoms with van der Waals surface area (Å²) in [4.78, 5) is 33.4. The van der Waals surface area contributed by atoms with Gasteiger partial charge in [-0.3, -0.25) is 14.4 Å². The van der Waals surface area contributed by atoms with Crippen LogP contribution in [0.25, 0.3) is 0 Å². The van der Waals surface area contributed by atoms with Crippen LogP contribution < -0.4 is 20.5 Å². The monoisotopic (exact) mass is 330 g/mol. The van der Waals surface area contributed by atoms with Gasteiger partial charge in [0.2, 0.25) is 0 Å². The molecule has 0 saturated carbocycles. The third-order valence-corrected chi connectivity index (χ3v) is 2.85. The molecule has 0 spiro atoms. The number of methoxy groups -OCH3 is 1. The normalized spacial score (nSPS) is 11.4. The van der Waals surface area contributed by atoms with Gasteiger partial charge in [0.05, 0.1) is 12.1 Å². The van der Waals surface area contributed by atoms with Crippen LogP contribution in [-0.2, 0) is 9.59 Å². The van der Waals surface area contributed by atoms with Crippen molar-refractivity contribution in [2.24, 2.45) is 5.73 Å². The van der Waals surface area contributed by atoms with E-state index >= 15 is 0 Å². The Bertz CT molecular complexity index is 604. The topological polar surface area (TPSA) is 128 Å². The summed E-state index contributed by atoms with van der Waals surface area (Å²) in [7, 11) is 1.32. The summed E-state index contributed by atoms with van der Waals surface area (Å²) in [6.07, 6.45) is 0. The number of nitrogens with two attached hydrogens (primary N) is 1. The van der Waals surface area contributed by atoms with Crippen molar-refractivity contribution in [1.29, 1.82) is 0 Å². The maximum atomic E-state index is 12.0. The van der Waals surface area contributed by atoms with Crippen LogP contribution in [0.2, 0.25) is 5.02 Å². The van der Waals surface area contributed by atoms with E-state index in [0.29, 0.717) is 0 Å². The zero-order chi connectivity index (χ0) is 16.9. The summed E-state index contributed by atoms with van der Waals surface area (Å²) >= 11 is 5.99. The van der Waals surface area contributed by atoms with Crippen molar-refractivity contribution in [3.63, 3.8) is 0 Å². The van der Waals surface area contributed by atoms with E-state index in [4.69, 9.17) is 31.9 Å². The number of ether oxygens (including phenoxy) is 2. The number of carbonyl (C=O) groups is 3. The molecule has 0 aliphatic carbocycles. The number of carboxylic acid groups (broad SMARTS) is 1. The number of carbonyl (C=O) groups excluding carboxylic acids is 2. The smallest absolute Gasteiger partial charge is 0.325 e. The molecule has 0 aliphatic heterocycles. The Morgan fingerprint density at radius 1 is 1.41 bits per heavy atom. The molecule has 8 nitrogen and oxygen atoms in total. The molecule has 120 valence electrons. The zero-order valence-corrected chi connectivity index (χ0v) is 12.6. The largest absolute Gasteiger partial charge is 0.493 e. The third kappa shape index (κ3) is 4.52. The molecule has 0 aromatic heterocycles. The van der Waals surface area contributed by atoms with Crippen LogP contribution in [0.1, 0.15) is 17.3 Å². The maximum Gasteiger partial charge on any atom is 0.325 e. The van der Waals surface area contributed by atoms with Gasteiger partial charge in [-0.15, -0.1) is 0 Å². The quantitative estimate of drug-likeness (QED) is 0.664. The zero-order valence-electron chi connectivity index (χ0n) is 11.9. The summed E-state index contributed by atoms with van der Waals surface area (Å²) < 4.78 is 10.2. The second-order valence-corrected chi connectivity index (χ2v) is 4.69. The van der Waals surface area contributed by atoms with Crippen LogP contribution in [0.15, 0.2) is 12.1 Å². The second-order valence-electron chi connectivity index (χ2n) is 4.28. The van der Waals surface area contributed by atoms with Crippen molar-refractivity contribution in [3.05, 3.63) is 22.7 Å². The first-order valence-electron chi connectivity index (χ1n) is 6.08. The van der Waals surface area contributed by atoms with E-state index < -0.39 is 30.4 Å². The van der Waals surface area contributed by atoms with E-state index in [1.807, 2.05) is 0 Å². The summed E-state index contributed by atoms with van der Waals surface area (Å²) in [6, 6.07) is 1.51. The number of amides is 2. The number of halogens is 1. The average Bonchev–Trinajstić information content (AvgIpc) is 2.44. The van der Waals surface area contributed by atoms with Crippen LogP contribution in [0.4, 0.5) is 0 Å². The molecule has 9 heteroatoms. The van der Waals surface area contributed by atoms with Crippen LogP contribution >= 0.6 is 11.6 Å². The number of carboxylic acids is 1. The van der Waals surface area contributed by atoms with Gasteiger partial charge in [0.15, 0.2) is 18.1 Å². The van der Waals surface area contributed by atoms with Crippen LogP contribution in [0, 0.1) is 0 Å². The van der Waals surface area contributed by atoms with E-state index in [-0.39, 0.29) is 22.1 Å². The second kappa shape index (κ2) is 7.51. The fourth-order valence-electron chi connectivity index (χ4n) is 1.48. The van der Waals surface area contributed by atoms with Gasteiger partial charge in [0.25, 0.3) is 11.8 Å². The lowest BCUT2D eigenvalue weighted by molar-refractivity contribution is -0.138. The SMILES string of the molecule is COc1cc(C(=O)N[C@H](C)C(=O)O)cc(Cl)c1OCC(N)=O. The van der Waals surface area contributed by atoms with E-state index in [1.54, 1.807) is 0 Å². The minimum Gasteiger partial charge on any atom is -0.493 e. The Labute approximate surface area is 131 Å². The first-order chi connectivity index (χ1) is 10.3. The molecule has 2 amide bonds. The van der Waals surface area contributed by atoms with Crippen LogP contribution in [-0.4, -0.2) is 42.6 Å². The molecule has 0 radical (unpaired) electrons. The lowest BCUT2D eigenvalue weighted by atomic mass is 10.1. The van der Waals surface area contributed by atoms with Gasteiger partial charge in [-0.05, 0) is 19.1 Å². The third-order valence-electron chi connectivity index (χ3n) is 2.57. The number of nitrogens with one attached hydrogen (secondary N) is 1. The summed E-state index contributed by atoms with van der Waals surface area (Å²) in [5.74, 6) is -2.34. The fraction of sp³-hybridized carbons (Fsp3) is 0.308. The predicted octanol–water partition coefficient (Wildman–Crippen LogP) is 0.416. The predicted molar refractivity (Wildman–Crippen MR) is 77.3 cm³/mol. The highest BCUT2D eigenvalue weighted by atomic mass is 35.5. The molecule has 1 rings (SSSR count). The molecule has 1 atom stereocenters. The molecular formula is C13H15ClN2O6. The van der Waals surface area contributed by atoms with Gasteiger partial charge in [-0.2, -0.15) is 0 Å². The number of rotatable bonds is 7. The molecule has 0 bridgehead atoms. The number of hydrogen-bond donors (Lipinski definition) is 3. The minimum atomic E-state index is -1.17. The standard InChI is InChI=1S/C13H15ClN2O6/c1-6(13(19)20)16-12(18)7-3-8(14)11(9(4-7)21-2)22-5-10(15)17/h3-4,6H,5H2,1-2H3,(H2,15,17)(H,16,18)(H,19,20)/t6-/m1/s1. The molecule has 22 heavy (non-hydrogen) atoms. The lowest BCUT2D eigenvalue weighted by Gasteiger charge is -2.14. The molecular weight excluding hydrogens is 316 g/mol. The summed E-state index contributed by atoms with van der Waals surface area (Å²) in [6.45, 7) is 0.918. The number of benzene rings is 1. The van der Waals surface area contributed by atoms with Crippen LogP contribution in [0.3, 0.4) is 0 Å². The molecule has 0 aliphatic rings. The van der Waals surface area contributed by atoms with E-state index in [9.17, 15) is 14.4 Å². The van der Waals surface area contributed by atoms with Crippen molar-refractivity contribution >= 4 is 29.4 Å². The summed E-state index contributed by atoms with van der Waals surface area (Å²) in [5, 5.41) is 11.1. The number of hydrogen-bond acceptors (Lipinski definition) is 5. The Balaban J connectivity index is 3.04. The lowest BCUT2D eigenvalue weighted by Crippen LogP contribution is -2.38. The van der Waals surface area contributed by atoms with E-state index in [1.165, 1.54) is 26.2 Å². The fourth-order valence-corrected chi connectivity index (χ4v) is 1.74. The Kier molecular flexibility index (Phi) is 6.00. The number of aliphatic carboxylic acids is 1. The first-order valence-corrected chi connectivity index (χ1v) is 6.46. The Morgan fingerprint density at radius 2 is 2.05 bits per heavy atom. The van der Waals surface area contributed by atoms with Crippen molar-refractivity contribution in [2.75, 3.05) is 13.7 Å². The molecule has 0 heterocycles. The van der Waals surface area contributed by atoms with Crippen molar-refractivity contribution < 1.29 is 29.0 Å². The number of primary amides is 1. The Morgan fingerprint density at radius 3 is 2.55 bits per heavy atom. The van der Waals surface area contributed by atoms with E-state index in [0.717, 1.165) is 0 Å². The van der Waals surface area contributed by atoms with Crippen molar-refractivity contribution in [3.8, 4) is 11.5 Å². The van der Waals surface area contributed by atoms with Crippen molar-refractivity contribution in [1.82, 2.24) is 5.32 Å². The molecule has 0 fully saturated rings. The molecule has 1 aromatic carbocycles. The molecule has 0 unspecified atom stereocenters. The Hall–Kier alpha value is -2.48. The minimum absolute atomic E-state index is 0.0220. The van der Waals surface area contributed by atoms with E-state index in [2.05, 4.69) is 5.32 Å². The molecule has 1 aromatic rings. The highest BCUT2D eigenvalue weighted by Crippen LogP contribution is 2.36. The maximum absolute atomic E-state index is 12.0. The highest BCUT2D eigenvalue weighted by molar-refractivity contribution is 6.32.